The summed E-state index contributed by atoms with van der Waals surface area (Å²) >= 11 is 5.71. The predicted molar refractivity (Wildman–Crippen MR) is 320 cm³/mol. The molecule has 4 N–H and O–H groups in total. The highest BCUT2D eigenvalue weighted by Crippen LogP contribution is 2.23. The van der Waals surface area contributed by atoms with E-state index in [9.17, 15) is 4.39 Å². The molecular weight excluding hydrogens is 945 g/mol. The van der Waals surface area contributed by atoms with Crippen molar-refractivity contribution in [3.8, 4) is 0 Å². The summed E-state index contributed by atoms with van der Waals surface area (Å²) in [6, 6.07) is 46.7. The van der Waals surface area contributed by atoms with Crippen LogP contribution in [-0.4, -0.2) is 34.9 Å². The Morgan fingerprint density at radius 1 is 0.493 bits per heavy atom. The van der Waals surface area contributed by atoms with E-state index in [0.29, 0.717) is 5.56 Å². The highest BCUT2D eigenvalue weighted by molar-refractivity contribution is 6.31. The Bertz CT molecular complexity index is 3570. The first-order chi connectivity index (χ1) is 36.0. The fourth-order valence-corrected chi connectivity index (χ4v) is 8.77. The maximum Gasteiger partial charge on any atom is 0.126 e. The summed E-state index contributed by atoms with van der Waals surface area (Å²) in [6.45, 7) is 24.9. The van der Waals surface area contributed by atoms with E-state index in [2.05, 4.69) is 183 Å². The fourth-order valence-electron chi connectivity index (χ4n) is 8.64. The van der Waals surface area contributed by atoms with Gasteiger partial charge in [-0.3, -0.25) is 9.78 Å². The molecule has 0 bridgehead atoms. The Kier molecular flexibility index (Phi) is 20.4. The summed E-state index contributed by atoms with van der Waals surface area (Å²) < 4.78 is 14.2. The van der Waals surface area contributed by atoms with Crippen molar-refractivity contribution in [2.24, 2.45) is 7.05 Å². The number of H-pyrrole nitrogens is 4. The predicted octanol–water partition coefficient (Wildman–Crippen LogP) is 18.4. The minimum absolute atomic E-state index is 0.132. The van der Waals surface area contributed by atoms with E-state index in [1.165, 1.54) is 112 Å². The van der Waals surface area contributed by atoms with E-state index in [1.54, 1.807) is 19.1 Å². The van der Waals surface area contributed by atoms with Crippen molar-refractivity contribution in [2.45, 2.75) is 102 Å². The van der Waals surface area contributed by atoms with Crippen LogP contribution in [0.15, 0.2) is 158 Å². The van der Waals surface area contributed by atoms with Crippen molar-refractivity contribution in [1.29, 1.82) is 0 Å². The third-order valence-corrected chi connectivity index (χ3v) is 13.5. The summed E-state index contributed by atoms with van der Waals surface area (Å²) in [4.78, 5) is 9.78. The van der Waals surface area contributed by atoms with E-state index in [-0.39, 0.29) is 5.82 Å². The van der Waals surface area contributed by atoms with E-state index in [4.69, 9.17) is 11.6 Å². The molecule has 12 aromatic rings. The quantitative estimate of drug-likeness (QED) is 0.142. The third kappa shape index (κ3) is 15.7. The van der Waals surface area contributed by atoms with Gasteiger partial charge in [0.15, 0.2) is 0 Å². The zero-order chi connectivity index (χ0) is 54.2. The SMILES string of the molecule is CCCc1c[nH]c2ccc(C)cc12.CCc1c[nH]c2ccc(C)cc12.Cc1ccc2[nH]cc(C)c2c1.Cc1ccc2c(c1)c(C)nn2C.Cc1ccc2n[nH]c(C)c2c1.Cc1ccccc1Cl.Cc1ccccc1F. The minimum Gasteiger partial charge on any atom is -0.361 e. The van der Waals surface area contributed by atoms with Gasteiger partial charge in [0, 0.05) is 79.8 Å². The molecule has 5 heterocycles. The maximum atomic E-state index is 12.3. The van der Waals surface area contributed by atoms with Gasteiger partial charge in [-0.2, -0.15) is 10.2 Å². The van der Waals surface area contributed by atoms with Crippen LogP contribution in [-0.2, 0) is 19.9 Å². The summed E-state index contributed by atoms with van der Waals surface area (Å²) in [5.74, 6) is -0.132. The van der Waals surface area contributed by atoms with Gasteiger partial charge in [-0.25, -0.2) is 4.39 Å². The number of aromatic nitrogens is 7. The van der Waals surface area contributed by atoms with E-state index >= 15 is 0 Å². The van der Waals surface area contributed by atoms with Crippen LogP contribution < -0.4 is 0 Å². The Morgan fingerprint density at radius 2 is 0.973 bits per heavy atom. The normalized spacial score (nSPS) is 10.5. The lowest BCUT2D eigenvalue weighted by Crippen LogP contribution is -1.88. The summed E-state index contributed by atoms with van der Waals surface area (Å²) in [7, 11) is 1.98. The average Bonchev–Trinajstić information content (AvgIpc) is 4.23. The number of hydrogen-bond acceptors (Lipinski definition) is 2. The van der Waals surface area contributed by atoms with Crippen LogP contribution in [0.3, 0.4) is 0 Å². The Balaban J connectivity index is 0.000000143. The molecule has 0 atom stereocenters. The lowest BCUT2D eigenvalue weighted by Gasteiger charge is -1.96. The zero-order valence-corrected chi connectivity index (χ0v) is 47.0. The number of nitrogens with zero attached hydrogens (tertiary/aromatic N) is 3. The second-order valence-corrected chi connectivity index (χ2v) is 19.9. The van der Waals surface area contributed by atoms with Gasteiger partial charge in [0.1, 0.15) is 5.82 Å². The first-order valence-electron chi connectivity index (χ1n) is 25.9. The largest absolute Gasteiger partial charge is 0.361 e. The van der Waals surface area contributed by atoms with Crippen LogP contribution in [0.2, 0.25) is 5.02 Å². The molecule has 0 saturated carbocycles. The molecule has 0 radical (unpaired) electrons. The molecule has 5 aromatic heterocycles. The molecule has 0 amide bonds. The van der Waals surface area contributed by atoms with Crippen LogP contribution in [0, 0.1) is 75.1 Å². The standard InChI is InChI=1S/C12H15N.C11H13N.C10H12N2.C10H11N.C9H10N2.C7H7Cl.C7H7F/c1-3-4-10-8-13-12-6-5-9(2)7-11(10)12;1-3-9-7-12-11-5-4-8(2)6-10(9)11;1-7-4-5-10-9(6-7)8(2)11-12(10)3;1-7-3-4-10-9(5-7)8(2)6-11-10;1-6-3-4-9-8(5-6)7(2)10-11-9;2*1-6-4-2-3-5-7(6)8/h5-8,13H,3-4H2,1-2H3;4-7,12H,3H2,1-2H3;4-6H,1-3H3;3-6,11H,1-2H3;3-5H,1-2H3,(H,10,11);2*2-5H,1H3. The van der Waals surface area contributed by atoms with E-state index < -0.39 is 0 Å². The van der Waals surface area contributed by atoms with Crippen LogP contribution in [0.5, 0.6) is 0 Å². The molecule has 7 nitrogen and oxygen atoms in total. The van der Waals surface area contributed by atoms with Gasteiger partial charge in [0.25, 0.3) is 0 Å². The molecule has 0 aliphatic rings. The van der Waals surface area contributed by atoms with Crippen molar-refractivity contribution in [3.63, 3.8) is 0 Å². The molecule has 12 rings (SSSR count). The van der Waals surface area contributed by atoms with Gasteiger partial charge in [-0.05, 0) is 183 Å². The number of fused-ring (bicyclic) bond motifs is 5. The number of benzene rings is 7. The molecule has 75 heavy (non-hydrogen) atoms. The van der Waals surface area contributed by atoms with Crippen LogP contribution in [0.1, 0.15) is 87.3 Å². The van der Waals surface area contributed by atoms with Crippen LogP contribution in [0.4, 0.5) is 4.39 Å². The Labute approximate surface area is 448 Å². The third-order valence-electron chi connectivity index (χ3n) is 13.0. The molecule has 388 valence electrons. The highest BCUT2D eigenvalue weighted by Gasteiger charge is 2.05. The van der Waals surface area contributed by atoms with Gasteiger partial charge >= 0.3 is 0 Å². The number of aryl methyl sites for hydroxylation is 13. The number of nitrogens with one attached hydrogen (secondary N) is 4. The second kappa shape index (κ2) is 27.0. The molecule has 9 heteroatoms. The molecule has 0 spiro atoms. The fraction of sp³-hybridized carbons (Fsp3) is 0.242. The van der Waals surface area contributed by atoms with Gasteiger partial charge < -0.3 is 15.0 Å². The highest BCUT2D eigenvalue weighted by atomic mass is 35.5. The number of hydrogen-bond donors (Lipinski definition) is 4. The van der Waals surface area contributed by atoms with Gasteiger partial charge in [0.05, 0.1) is 16.7 Å². The number of halogens is 2. The molecule has 0 unspecified atom stereocenters. The summed E-state index contributed by atoms with van der Waals surface area (Å²) in [5, 5.41) is 18.9. The molecule has 0 fully saturated rings. The van der Waals surface area contributed by atoms with Crippen molar-refractivity contribution < 1.29 is 4.39 Å². The van der Waals surface area contributed by atoms with Crippen LogP contribution in [0.25, 0.3) is 54.5 Å². The molecule has 0 saturated heterocycles. The number of aromatic amines is 4. The first kappa shape index (κ1) is 56.6. The van der Waals surface area contributed by atoms with Gasteiger partial charge in [-0.1, -0.05) is 126 Å². The molecular formula is C66H75ClFN7. The van der Waals surface area contributed by atoms with Crippen molar-refractivity contribution in [3.05, 3.63) is 236 Å². The number of rotatable bonds is 3. The second-order valence-electron chi connectivity index (χ2n) is 19.4. The Morgan fingerprint density at radius 3 is 1.51 bits per heavy atom. The van der Waals surface area contributed by atoms with Crippen LogP contribution >= 0.6 is 11.6 Å². The van der Waals surface area contributed by atoms with Crippen molar-refractivity contribution in [1.82, 2.24) is 34.9 Å². The van der Waals surface area contributed by atoms with Crippen molar-refractivity contribution >= 4 is 66.1 Å². The van der Waals surface area contributed by atoms with Gasteiger partial charge in [0.2, 0.25) is 0 Å². The summed E-state index contributed by atoms with van der Waals surface area (Å²) in [6.07, 6.45) is 9.76. The Hall–Kier alpha value is -7.68. The minimum atomic E-state index is -0.132. The maximum absolute atomic E-state index is 12.3. The lowest BCUT2D eigenvalue weighted by molar-refractivity contribution is 0.618. The molecule has 0 aliphatic carbocycles. The monoisotopic (exact) mass is 1020 g/mol. The van der Waals surface area contributed by atoms with E-state index in [1.807, 2.05) is 75.1 Å². The van der Waals surface area contributed by atoms with Gasteiger partial charge in [-0.15, -0.1) is 0 Å². The average molecular weight is 1020 g/mol. The smallest absolute Gasteiger partial charge is 0.126 e. The van der Waals surface area contributed by atoms with Crippen molar-refractivity contribution in [2.75, 3.05) is 0 Å². The first-order valence-corrected chi connectivity index (χ1v) is 26.2. The lowest BCUT2D eigenvalue weighted by atomic mass is 10.1. The summed E-state index contributed by atoms with van der Waals surface area (Å²) in [5.41, 5.74) is 20.8. The van der Waals surface area contributed by atoms with E-state index in [0.717, 1.165) is 33.9 Å². The zero-order valence-electron chi connectivity index (χ0n) is 46.2. The molecule has 7 aromatic carbocycles. The topological polar surface area (TPSA) is 93.9 Å². The molecule has 0 aliphatic heterocycles.